The third kappa shape index (κ3) is 13.0. The number of aromatic amines is 1. The summed E-state index contributed by atoms with van der Waals surface area (Å²) in [6.07, 6.45) is 14.0. The van der Waals surface area contributed by atoms with Crippen LogP contribution in [-0.4, -0.2) is 70.8 Å². The van der Waals surface area contributed by atoms with E-state index in [0.717, 1.165) is 48.6 Å². The molecule has 0 bridgehead atoms. The van der Waals surface area contributed by atoms with Gasteiger partial charge in [0.15, 0.2) is 5.78 Å². The molecule has 0 unspecified atom stereocenters. The highest BCUT2D eigenvalue weighted by atomic mass is 35.7. The van der Waals surface area contributed by atoms with E-state index in [9.17, 15) is 21.6 Å². The maximum atomic E-state index is 12.6. The highest BCUT2D eigenvalue weighted by molar-refractivity contribution is 8.13. The van der Waals surface area contributed by atoms with Gasteiger partial charge in [0.25, 0.3) is 19.1 Å². The van der Waals surface area contributed by atoms with Gasteiger partial charge in [0.05, 0.1) is 61.9 Å². The Hall–Kier alpha value is -7.21. The van der Waals surface area contributed by atoms with Crippen LogP contribution < -0.4 is 0 Å². The number of benzene rings is 2. The second kappa shape index (κ2) is 23.8. The first-order chi connectivity index (χ1) is 31.7. The lowest BCUT2D eigenvalue weighted by Gasteiger charge is -2.03. The number of fused-ring (bicyclic) bond motifs is 3. The van der Waals surface area contributed by atoms with E-state index in [1.807, 2.05) is 107 Å². The van der Waals surface area contributed by atoms with E-state index in [0.29, 0.717) is 11.3 Å². The van der Waals surface area contributed by atoms with Crippen LogP contribution >= 0.6 is 10.7 Å². The molecular formula is C49H55ClN10O5S2. The fraction of sp³-hybridized carbons (Fsp3) is 0.184. The van der Waals surface area contributed by atoms with Crippen LogP contribution in [0.4, 0.5) is 0 Å². The summed E-state index contributed by atoms with van der Waals surface area (Å²) in [4.78, 5) is 11.5. The molecule has 0 aliphatic carbocycles. The van der Waals surface area contributed by atoms with Gasteiger partial charge < -0.3 is 0 Å². The molecule has 0 spiro atoms. The molecule has 10 aromatic rings. The van der Waals surface area contributed by atoms with Gasteiger partial charge in [-0.15, -0.1) is 0 Å². The van der Waals surface area contributed by atoms with E-state index < -0.39 is 19.1 Å². The second-order valence-electron chi connectivity index (χ2n) is 13.9. The van der Waals surface area contributed by atoms with Gasteiger partial charge in [-0.1, -0.05) is 71.5 Å². The summed E-state index contributed by atoms with van der Waals surface area (Å²) in [5.41, 5.74) is 10.4. The molecule has 67 heavy (non-hydrogen) atoms. The Morgan fingerprint density at radius 2 is 1.04 bits per heavy atom. The number of hydrogen-bond acceptors (Lipinski definition) is 10. The number of rotatable bonds is 6. The molecule has 0 atom stereocenters. The van der Waals surface area contributed by atoms with Crippen LogP contribution in [0, 0.1) is 20.8 Å². The summed E-state index contributed by atoms with van der Waals surface area (Å²) >= 11 is 0. The standard InChI is InChI=1S/C17H14N4O2S.C11H10N4.C10H10N2O.C6H5ClO2S.2C2H6.CH4/c1-13-7-9-20-17(11-13)15(12-18-20)16-8-10-21(19-16)24(22,23)14-5-3-2-4-6-14;1-8-3-5-15-11(6-8)9(7-13-15)10-2-4-12-14-10;1-7-3-4-12-10(5-7)9(6-11-12)8(2)13;7-10(8,9)6-4-2-1-3-5-6;2*1-2;/h2-12H,1H3;2-7H,1H3,(H,12,14);3-6H,1-2H3;1-5H;2*1-2H3;1H4. The number of H-pyrrole nitrogens is 1. The van der Waals surface area contributed by atoms with Crippen LogP contribution in [0.15, 0.2) is 169 Å². The Labute approximate surface area is 396 Å². The summed E-state index contributed by atoms with van der Waals surface area (Å²) in [6.45, 7) is 15.6. The monoisotopic (exact) mass is 962 g/mol. The van der Waals surface area contributed by atoms with E-state index in [4.69, 9.17) is 10.7 Å². The minimum absolute atomic E-state index is 0. The first-order valence-electron chi connectivity index (χ1n) is 20.9. The second-order valence-corrected chi connectivity index (χ2v) is 18.3. The fourth-order valence-corrected chi connectivity index (χ4v) is 8.13. The first kappa shape index (κ1) is 52.4. The summed E-state index contributed by atoms with van der Waals surface area (Å²) in [5.74, 6) is 0.0561. The molecular weight excluding hydrogens is 908 g/mol. The molecule has 8 aromatic heterocycles. The number of aromatic nitrogens is 10. The lowest BCUT2D eigenvalue weighted by atomic mass is 10.2. The van der Waals surface area contributed by atoms with Crippen molar-refractivity contribution in [2.75, 3.05) is 0 Å². The van der Waals surface area contributed by atoms with Gasteiger partial charge in [0.1, 0.15) is 0 Å². The number of nitrogens with zero attached hydrogens (tertiary/aromatic N) is 9. The van der Waals surface area contributed by atoms with Crippen LogP contribution in [-0.2, 0) is 19.1 Å². The van der Waals surface area contributed by atoms with Crippen molar-refractivity contribution in [3.05, 3.63) is 181 Å². The largest absolute Gasteiger partial charge is 0.294 e. The predicted molar refractivity (Wildman–Crippen MR) is 267 cm³/mol. The van der Waals surface area contributed by atoms with Crippen molar-refractivity contribution in [1.82, 2.24) is 48.2 Å². The average Bonchev–Trinajstić information content (AvgIpc) is 4.19. The number of pyridine rings is 3. The topological polar surface area (TPSA) is 184 Å². The zero-order valence-electron chi connectivity index (χ0n) is 37.8. The van der Waals surface area contributed by atoms with Gasteiger partial charge in [-0.05, 0) is 117 Å². The van der Waals surface area contributed by atoms with E-state index in [1.165, 1.54) is 23.9 Å². The first-order valence-corrected chi connectivity index (χ1v) is 24.6. The van der Waals surface area contributed by atoms with E-state index in [-0.39, 0.29) is 23.0 Å². The highest BCUT2D eigenvalue weighted by Crippen LogP contribution is 2.25. The molecule has 0 amide bonds. The number of Topliss-reactive ketones (excluding diaryl/α,β-unsaturated/α-hetero) is 1. The van der Waals surface area contributed by atoms with Crippen LogP contribution in [0.2, 0.25) is 0 Å². The van der Waals surface area contributed by atoms with Crippen molar-refractivity contribution in [3.8, 4) is 22.5 Å². The molecule has 0 saturated heterocycles. The molecule has 1 N–H and O–H groups in total. The Balaban J connectivity index is 0.000000199. The SMILES string of the molecule is C.CC.CC.CC(=O)c1cnn2ccc(C)cc12.Cc1ccn2ncc(-c3ccn(S(=O)(=O)c4ccccc4)n3)c2c1.Cc1ccn2ncc(-c3ccn[nH]3)c2c1.O=S(=O)(Cl)c1ccccc1. The highest BCUT2D eigenvalue weighted by Gasteiger charge is 2.19. The smallest absolute Gasteiger partial charge is 0.282 e. The van der Waals surface area contributed by atoms with Crippen molar-refractivity contribution in [1.29, 1.82) is 0 Å². The average molecular weight is 964 g/mol. The Kier molecular flexibility index (Phi) is 18.6. The minimum Gasteiger partial charge on any atom is -0.294 e. The van der Waals surface area contributed by atoms with Gasteiger partial charge in [0, 0.05) is 52.8 Å². The van der Waals surface area contributed by atoms with Gasteiger partial charge in [-0.25, -0.2) is 22.0 Å². The third-order valence-corrected chi connectivity index (χ3v) is 12.3. The molecule has 2 aromatic carbocycles. The fourth-order valence-electron chi connectivity index (χ4n) is 6.21. The quantitative estimate of drug-likeness (QED) is 0.124. The third-order valence-electron chi connectivity index (χ3n) is 9.36. The van der Waals surface area contributed by atoms with Gasteiger partial charge in [-0.2, -0.15) is 38.0 Å². The maximum absolute atomic E-state index is 12.6. The van der Waals surface area contributed by atoms with Crippen molar-refractivity contribution >= 4 is 52.1 Å². The number of nitrogens with one attached hydrogen (secondary N) is 1. The summed E-state index contributed by atoms with van der Waals surface area (Å²) in [6, 6.07) is 31.8. The lowest BCUT2D eigenvalue weighted by Crippen LogP contribution is -2.13. The number of ketones is 1. The normalized spacial score (nSPS) is 10.6. The van der Waals surface area contributed by atoms with Crippen LogP contribution in [0.1, 0.15) is 69.1 Å². The van der Waals surface area contributed by atoms with Gasteiger partial charge in [0.2, 0.25) is 0 Å². The summed E-state index contributed by atoms with van der Waals surface area (Å²) in [7, 11) is -2.19. The summed E-state index contributed by atoms with van der Waals surface area (Å²) < 4.78 is 52.7. The molecule has 10 rings (SSSR count). The van der Waals surface area contributed by atoms with Crippen molar-refractivity contribution in [2.45, 2.75) is 72.6 Å². The molecule has 18 heteroatoms. The van der Waals surface area contributed by atoms with Gasteiger partial charge >= 0.3 is 0 Å². The molecule has 15 nitrogen and oxygen atoms in total. The van der Waals surface area contributed by atoms with Crippen LogP contribution in [0.5, 0.6) is 0 Å². The van der Waals surface area contributed by atoms with Crippen molar-refractivity contribution < 1.29 is 21.6 Å². The zero-order chi connectivity index (χ0) is 48.0. The molecule has 0 aliphatic heterocycles. The Morgan fingerprint density at radius 3 is 1.52 bits per heavy atom. The van der Waals surface area contributed by atoms with Crippen molar-refractivity contribution in [3.63, 3.8) is 0 Å². The van der Waals surface area contributed by atoms with Gasteiger partial charge in [-0.3, -0.25) is 9.89 Å². The molecule has 0 fully saturated rings. The maximum Gasteiger partial charge on any atom is 0.282 e. The number of carbonyl (C=O) groups excluding carboxylic acids is 1. The van der Waals surface area contributed by atoms with E-state index in [2.05, 4.69) is 43.6 Å². The zero-order valence-corrected chi connectivity index (χ0v) is 40.2. The Morgan fingerprint density at radius 1 is 0.582 bits per heavy atom. The number of aryl methyl sites for hydroxylation is 3. The number of halogens is 1. The van der Waals surface area contributed by atoms with Crippen LogP contribution in [0.25, 0.3) is 39.1 Å². The van der Waals surface area contributed by atoms with Crippen molar-refractivity contribution in [2.24, 2.45) is 0 Å². The summed E-state index contributed by atoms with van der Waals surface area (Å²) in [5, 5.41) is 23.8. The number of hydrogen-bond donors (Lipinski definition) is 1. The molecule has 0 aliphatic rings. The molecule has 0 radical (unpaired) electrons. The van der Waals surface area contributed by atoms with E-state index >= 15 is 0 Å². The lowest BCUT2D eigenvalue weighted by molar-refractivity contribution is 0.101. The Bertz CT molecular complexity index is 3360. The van der Waals surface area contributed by atoms with E-state index in [1.54, 1.807) is 89.1 Å². The number of carbonyl (C=O) groups is 1. The predicted octanol–water partition coefficient (Wildman–Crippen LogP) is 10.9. The molecule has 8 heterocycles. The van der Waals surface area contributed by atoms with Crippen LogP contribution in [0.3, 0.4) is 0 Å². The molecule has 0 saturated carbocycles. The molecule has 350 valence electrons. The minimum atomic E-state index is -3.69.